The van der Waals surface area contributed by atoms with E-state index in [1.54, 1.807) is 0 Å². The number of nitrogens with one attached hydrogen (secondary N) is 1. The van der Waals surface area contributed by atoms with Crippen LogP contribution in [-0.4, -0.2) is 16.6 Å². The summed E-state index contributed by atoms with van der Waals surface area (Å²) in [6.07, 6.45) is 5.00. The predicted octanol–water partition coefficient (Wildman–Crippen LogP) is 3.83. The van der Waals surface area contributed by atoms with Crippen molar-refractivity contribution in [3.8, 4) is 5.88 Å². The van der Waals surface area contributed by atoms with Crippen molar-refractivity contribution in [3.63, 3.8) is 0 Å². The molecule has 4 nitrogen and oxygen atoms in total. The third-order valence-corrected chi connectivity index (χ3v) is 3.66. The van der Waals surface area contributed by atoms with Crippen LogP contribution in [0, 0.1) is 5.92 Å². The lowest BCUT2D eigenvalue weighted by Crippen LogP contribution is -2.27. The maximum absolute atomic E-state index is 5.93. The molecule has 0 atom stereocenters. The zero-order valence-corrected chi connectivity index (χ0v) is 13.1. The number of rotatable bonds is 3. The van der Waals surface area contributed by atoms with Gasteiger partial charge in [0, 0.05) is 6.04 Å². The lowest BCUT2D eigenvalue weighted by Gasteiger charge is -2.28. The van der Waals surface area contributed by atoms with Gasteiger partial charge in [0.15, 0.2) is 0 Å². The zero-order chi connectivity index (χ0) is 14.8. The van der Waals surface area contributed by atoms with E-state index in [4.69, 9.17) is 10.5 Å². The quantitative estimate of drug-likeness (QED) is 0.881. The van der Waals surface area contributed by atoms with Crippen molar-refractivity contribution in [2.24, 2.45) is 5.92 Å². The third kappa shape index (κ3) is 4.29. The van der Waals surface area contributed by atoms with E-state index in [1.807, 2.05) is 32.9 Å². The molecule has 0 amide bonds. The largest absolute Gasteiger partial charge is 0.470 e. The Balaban J connectivity index is 2.03. The fraction of sp³-hybridized carbons (Fsp3) is 0.688. The normalized spacial score (nSPS) is 23.4. The van der Waals surface area contributed by atoms with E-state index in [0.29, 0.717) is 17.6 Å². The van der Waals surface area contributed by atoms with Crippen molar-refractivity contribution in [1.29, 1.82) is 0 Å². The first-order valence-corrected chi connectivity index (χ1v) is 7.55. The molecule has 0 radical (unpaired) electrons. The molecule has 0 saturated heterocycles. The minimum atomic E-state index is -0.292. The molecular weight excluding hydrogens is 250 g/mol. The van der Waals surface area contributed by atoms with E-state index in [9.17, 15) is 0 Å². The Bertz CT molecular complexity index is 446. The number of ether oxygens (including phenoxy) is 1. The Morgan fingerprint density at radius 1 is 1.20 bits per heavy atom. The Hall–Kier alpha value is -1.45. The van der Waals surface area contributed by atoms with Crippen molar-refractivity contribution in [2.75, 3.05) is 11.1 Å². The van der Waals surface area contributed by atoms with Gasteiger partial charge in [-0.15, -0.1) is 0 Å². The molecule has 2 rings (SSSR count). The number of nitrogens with two attached hydrogens (primary N) is 1. The number of nitrogens with zero attached hydrogens (tertiary/aromatic N) is 1. The lowest BCUT2D eigenvalue weighted by molar-refractivity contribution is 0.125. The van der Waals surface area contributed by atoms with Crippen LogP contribution in [0.2, 0.25) is 0 Å². The van der Waals surface area contributed by atoms with Crippen LogP contribution < -0.4 is 15.8 Å². The van der Waals surface area contributed by atoms with Gasteiger partial charge in [-0.1, -0.05) is 6.92 Å². The number of hydrogen-bond donors (Lipinski definition) is 2. The number of aromatic nitrogens is 1. The summed E-state index contributed by atoms with van der Waals surface area (Å²) in [4.78, 5) is 4.51. The van der Waals surface area contributed by atoms with Gasteiger partial charge in [-0.3, -0.25) is 0 Å². The smallest absolute Gasteiger partial charge is 0.239 e. The van der Waals surface area contributed by atoms with Crippen LogP contribution >= 0.6 is 0 Å². The van der Waals surface area contributed by atoms with Gasteiger partial charge in [0.1, 0.15) is 11.4 Å². The standard InChI is InChI=1S/C16H27N3O/c1-11-5-7-12(8-6-11)18-14-10-9-13(17)15(19-14)20-16(2,3)4/h9-12H,5-8,17H2,1-4H3,(H,18,19). The SMILES string of the molecule is CC1CCC(Nc2ccc(N)c(OC(C)(C)C)n2)CC1. The topological polar surface area (TPSA) is 60.2 Å². The second kappa shape index (κ2) is 5.90. The van der Waals surface area contributed by atoms with E-state index in [-0.39, 0.29) is 5.60 Å². The summed E-state index contributed by atoms with van der Waals surface area (Å²) in [6, 6.07) is 4.31. The van der Waals surface area contributed by atoms with Crippen molar-refractivity contribution in [2.45, 2.75) is 65.0 Å². The fourth-order valence-electron chi connectivity index (χ4n) is 2.52. The average molecular weight is 277 g/mol. The minimum absolute atomic E-state index is 0.292. The predicted molar refractivity (Wildman–Crippen MR) is 84.1 cm³/mol. The molecule has 1 aromatic heterocycles. The molecule has 1 aliphatic carbocycles. The highest BCUT2D eigenvalue weighted by molar-refractivity contribution is 5.54. The molecule has 0 unspecified atom stereocenters. The Kier molecular flexibility index (Phi) is 4.41. The molecule has 112 valence electrons. The Morgan fingerprint density at radius 2 is 1.85 bits per heavy atom. The van der Waals surface area contributed by atoms with E-state index >= 15 is 0 Å². The molecule has 1 aliphatic rings. The van der Waals surface area contributed by atoms with Gasteiger partial charge in [-0.05, 0) is 64.5 Å². The van der Waals surface area contributed by atoms with E-state index in [2.05, 4.69) is 17.2 Å². The summed E-state index contributed by atoms with van der Waals surface area (Å²) in [5.41, 5.74) is 6.23. The summed E-state index contributed by atoms with van der Waals surface area (Å²) in [5.74, 6) is 2.23. The molecular formula is C16H27N3O. The van der Waals surface area contributed by atoms with E-state index in [0.717, 1.165) is 11.7 Å². The van der Waals surface area contributed by atoms with Crippen LogP contribution in [0.25, 0.3) is 0 Å². The zero-order valence-electron chi connectivity index (χ0n) is 13.1. The molecule has 3 N–H and O–H groups in total. The maximum Gasteiger partial charge on any atom is 0.239 e. The third-order valence-electron chi connectivity index (χ3n) is 3.66. The molecule has 0 aromatic carbocycles. The van der Waals surface area contributed by atoms with Crippen LogP contribution in [-0.2, 0) is 0 Å². The summed E-state index contributed by atoms with van der Waals surface area (Å²) in [7, 11) is 0. The number of anilines is 2. The highest BCUT2D eigenvalue weighted by Crippen LogP contribution is 2.28. The van der Waals surface area contributed by atoms with Gasteiger partial charge in [0.25, 0.3) is 0 Å². The minimum Gasteiger partial charge on any atom is -0.470 e. The molecule has 0 aliphatic heterocycles. The van der Waals surface area contributed by atoms with Gasteiger partial charge in [-0.2, -0.15) is 4.98 Å². The van der Waals surface area contributed by atoms with Gasteiger partial charge in [0.05, 0.1) is 5.69 Å². The number of hydrogen-bond acceptors (Lipinski definition) is 4. The van der Waals surface area contributed by atoms with Gasteiger partial charge >= 0.3 is 0 Å². The highest BCUT2D eigenvalue weighted by atomic mass is 16.5. The van der Waals surface area contributed by atoms with Crippen molar-refractivity contribution >= 4 is 11.5 Å². The van der Waals surface area contributed by atoms with Crippen LogP contribution in [0.15, 0.2) is 12.1 Å². The van der Waals surface area contributed by atoms with Crippen molar-refractivity contribution < 1.29 is 4.74 Å². The Morgan fingerprint density at radius 3 is 2.45 bits per heavy atom. The monoisotopic (exact) mass is 277 g/mol. The van der Waals surface area contributed by atoms with Crippen LogP contribution in [0.4, 0.5) is 11.5 Å². The second-order valence-electron chi connectivity index (χ2n) is 6.91. The van der Waals surface area contributed by atoms with E-state index in [1.165, 1.54) is 25.7 Å². The van der Waals surface area contributed by atoms with Crippen LogP contribution in [0.3, 0.4) is 0 Å². The van der Waals surface area contributed by atoms with Crippen molar-refractivity contribution in [3.05, 3.63) is 12.1 Å². The summed E-state index contributed by atoms with van der Waals surface area (Å²) < 4.78 is 5.80. The fourth-order valence-corrected chi connectivity index (χ4v) is 2.52. The maximum atomic E-state index is 5.93. The number of pyridine rings is 1. The molecule has 1 aromatic rings. The summed E-state index contributed by atoms with van der Waals surface area (Å²) >= 11 is 0. The van der Waals surface area contributed by atoms with Gasteiger partial charge in [-0.25, -0.2) is 0 Å². The lowest BCUT2D eigenvalue weighted by atomic mass is 9.87. The highest BCUT2D eigenvalue weighted by Gasteiger charge is 2.19. The summed E-state index contributed by atoms with van der Waals surface area (Å²) in [6.45, 7) is 8.32. The molecule has 1 heterocycles. The Labute approximate surface area is 122 Å². The average Bonchev–Trinajstić information content (AvgIpc) is 2.34. The van der Waals surface area contributed by atoms with E-state index < -0.39 is 0 Å². The molecule has 1 fully saturated rings. The van der Waals surface area contributed by atoms with Crippen molar-refractivity contribution in [1.82, 2.24) is 4.98 Å². The molecule has 1 saturated carbocycles. The number of nitrogen functional groups attached to an aromatic ring is 1. The summed E-state index contributed by atoms with van der Waals surface area (Å²) in [5, 5.41) is 3.51. The van der Waals surface area contributed by atoms with Gasteiger partial charge < -0.3 is 15.8 Å². The molecule has 4 heteroatoms. The van der Waals surface area contributed by atoms with Crippen LogP contribution in [0.1, 0.15) is 53.4 Å². The molecule has 0 spiro atoms. The first kappa shape index (κ1) is 14.9. The van der Waals surface area contributed by atoms with Gasteiger partial charge in [0.2, 0.25) is 5.88 Å². The first-order chi connectivity index (χ1) is 9.33. The second-order valence-corrected chi connectivity index (χ2v) is 6.91. The molecule has 20 heavy (non-hydrogen) atoms. The first-order valence-electron chi connectivity index (χ1n) is 7.55. The molecule has 0 bridgehead atoms. The van der Waals surface area contributed by atoms with Crippen LogP contribution in [0.5, 0.6) is 5.88 Å².